The second-order valence-corrected chi connectivity index (χ2v) is 3.70. The van der Waals surface area contributed by atoms with Gasteiger partial charge in [0.25, 0.3) is 0 Å². The lowest BCUT2D eigenvalue weighted by molar-refractivity contribution is 0.637. The molecule has 0 saturated heterocycles. The van der Waals surface area contributed by atoms with Gasteiger partial charge in [-0.15, -0.1) is 0 Å². The van der Waals surface area contributed by atoms with Gasteiger partial charge in [-0.25, -0.2) is 0 Å². The molecular formula is C12H20. The van der Waals surface area contributed by atoms with Crippen LogP contribution >= 0.6 is 0 Å². The Labute approximate surface area is 76.4 Å². The highest BCUT2D eigenvalue weighted by Crippen LogP contribution is 2.32. The Bertz CT molecular complexity index is 165. The monoisotopic (exact) mass is 164 g/mol. The maximum atomic E-state index is 2.41. The van der Waals surface area contributed by atoms with Crippen molar-refractivity contribution in [1.29, 1.82) is 0 Å². The fourth-order valence-corrected chi connectivity index (χ4v) is 2.00. The zero-order valence-corrected chi connectivity index (χ0v) is 8.29. The molecule has 1 saturated carbocycles. The highest BCUT2D eigenvalue weighted by atomic mass is 14.2. The number of hydrogen-bond acceptors (Lipinski definition) is 0. The van der Waals surface area contributed by atoms with E-state index in [2.05, 4.69) is 38.2 Å². The second kappa shape index (κ2) is 5.18. The van der Waals surface area contributed by atoms with Gasteiger partial charge < -0.3 is 0 Å². The van der Waals surface area contributed by atoms with Gasteiger partial charge in [0.1, 0.15) is 0 Å². The molecule has 0 N–H and O–H groups in total. The molecule has 1 aliphatic carbocycles. The normalized spacial score (nSPS) is 30.8. The summed E-state index contributed by atoms with van der Waals surface area (Å²) in [5, 5.41) is 0. The SMILES string of the molecule is C/C=C/C1CCC(/C=C/CC)C1. The summed E-state index contributed by atoms with van der Waals surface area (Å²) >= 11 is 0. The molecule has 0 aromatic carbocycles. The third-order valence-electron chi connectivity index (χ3n) is 2.62. The average Bonchev–Trinajstić information content (AvgIpc) is 2.50. The molecule has 0 spiro atoms. The largest absolute Gasteiger partial charge is 0.0914 e. The van der Waals surface area contributed by atoms with Gasteiger partial charge in [-0.05, 0) is 44.4 Å². The predicted octanol–water partition coefficient (Wildman–Crippen LogP) is 3.95. The number of rotatable bonds is 3. The molecule has 1 fully saturated rings. The Kier molecular flexibility index (Phi) is 4.13. The van der Waals surface area contributed by atoms with Crippen LogP contribution in [0.25, 0.3) is 0 Å². The fraction of sp³-hybridized carbons (Fsp3) is 0.667. The van der Waals surface area contributed by atoms with Gasteiger partial charge in [-0.1, -0.05) is 31.2 Å². The van der Waals surface area contributed by atoms with Gasteiger partial charge in [0, 0.05) is 0 Å². The Morgan fingerprint density at radius 1 is 1.17 bits per heavy atom. The van der Waals surface area contributed by atoms with E-state index in [0.717, 1.165) is 11.8 Å². The number of hydrogen-bond donors (Lipinski definition) is 0. The standard InChI is InChI=1S/C12H20/c1-3-5-7-12-9-8-11(10-12)6-4-2/h4-7,11-12H,3,8-10H2,1-2H3/b6-4+,7-5+. The summed E-state index contributed by atoms with van der Waals surface area (Å²) in [6, 6.07) is 0. The first-order chi connectivity index (χ1) is 5.86. The van der Waals surface area contributed by atoms with E-state index in [4.69, 9.17) is 0 Å². The Morgan fingerprint density at radius 2 is 1.83 bits per heavy atom. The van der Waals surface area contributed by atoms with Crippen molar-refractivity contribution < 1.29 is 0 Å². The van der Waals surface area contributed by atoms with Crippen molar-refractivity contribution in [2.45, 2.75) is 39.5 Å². The molecule has 2 atom stereocenters. The fourth-order valence-electron chi connectivity index (χ4n) is 2.00. The summed E-state index contributed by atoms with van der Waals surface area (Å²) in [7, 11) is 0. The summed E-state index contributed by atoms with van der Waals surface area (Å²) in [5.41, 5.74) is 0. The molecule has 1 aliphatic rings. The van der Waals surface area contributed by atoms with Gasteiger partial charge in [-0.2, -0.15) is 0 Å². The van der Waals surface area contributed by atoms with E-state index >= 15 is 0 Å². The first kappa shape index (κ1) is 9.57. The second-order valence-electron chi connectivity index (χ2n) is 3.70. The zero-order valence-electron chi connectivity index (χ0n) is 8.29. The molecule has 2 unspecified atom stereocenters. The van der Waals surface area contributed by atoms with Gasteiger partial charge in [0.05, 0.1) is 0 Å². The average molecular weight is 164 g/mol. The van der Waals surface area contributed by atoms with E-state index in [9.17, 15) is 0 Å². The van der Waals surface area contributed by atoms with Crippen molar-refractivity contribution in [2.24, 2.45) is 11.8 Å². The van der Waals surface area contributed by atoms with Crippen LogP contribution in [0.4, 0.5) is 0 Å². The summed E-state index contributed by atoms with van der Waals surface area (Å²) in [6.45, 7) is 4.32. The zero-order chi connectivity index (χ0) is 8.81. The highest BCUT2D eigenvalue weighted by Gasteiger charge is 2.19. The molecule has 0 radical (unpaired) electrons. The van der Waals surface area contributed by atoms with Crippen LogP contribution in [0, 0.1) is 11.8 Å². The minimum absolute atomic E-state index is 0.863. The Morgan fingerprint density at radius 3 is 2.42 bits per heavy atom. The predicted molar refractivity (Wildman–Crippen MR) is 55.1 cm³/mol. The third-order valence-corrected chi connectivity index (χ3v) is 2.62. The molecule has 0 bridgehead atoms. The van der Waals surface area contributed by atoms with Crippen LogP contribution in [-0.4, -0.2) is 0 Å². The van der Waals surface area contributed by atoms with Crippen LogP contribution in [0.2, 0.25) is 0 Å². The first-order valence-corrected chi connectivity index (χ1v) is 5.16. The van der Waals surface area contributed by atoms with E-state index in [1.54, 1.807) is 0 Å². The molecule has 0 amide bonds. The van der Waals surface area contributed by atoms with Crippen LogP contribution in [0.15, 0.2) is 24.3 Å². The van der Waals surface area contributed by atoms with Crippen LogP contribution in [0.1, 0.15) is 39.5 Å². The van der Waals surface area contributed by atoms with Crippen molar-refractivity contribution in [3.63, 3.8) is 0 Å². The van der Waals surface area contributed by atoms with E-state index in [0.29, 0.717) is 0 Å². The molecule has 12 heavy (non-hydrogen) atoms. The van der Waals surface area contributed by atoms with E-state index < -0.39 is 0 Å². The van der Waals surface area contributed by atoms with E-state index in [-0.39, 0.29) is 0 Å². The Hall–Kier alpha value is -0.520. The Balaban J connectivity index is 2.30. The lowest BCUT2D eigenvalue weighted by Gasteiger charge is -2.02. The molecule has 0 heterocycles. The molecule has 0 aromatic heterocycles. The summed E-state index contributed by atoms with van der Waals surface area (Å²) in [5.74, 6) is 1.73. The van der Waals surface area contributed by atoms with E-state index in [1.165, 1.54) is 25.7 Å². The van der Waals surface area contributed by atoms with Crippen LogP contribution in [0.5, 0.6) is 0 Å². The molecule has 68 valence electrons. The molecule has 1 rings (SSSR count). The lowest BCUT2D eigenvalue weighted by Crippen LogP contribution is -1.89. The van der Waals surface area contributed by atoms with Gasteiger partial charge in [-0.3, -0.25) is 0 Å². The van der Waals surface area contributed by atoms with E-state index in [1.807, 2.05) is 0 Å². The van der Waals surface area contributed by atoms with Crippen molar-refractivity contribution in [1.82, 2.24) is 0 Å². The summed E-state index contributed by atoms with van der Waals surface area (Å²) < 4.78 is 0. The van der Waals surface area contributed by atoms with Crippen molar-refractivity contribution in [2.75, 3.05) is 0 Å². The smallest absolute Gasteiger partial charge is 0.0228 e. The van der Waals surface area contributed by atoms with Crippen molar-refractivity contribution >= 4 is 0 Å². The molecule has 0 nitrogen and oxygen atoms in total. The molecule has 0 heteroatoms. The van der Waals surface area contributed by atoms with Gasteiger partial charge >= 0.3 is 0 Å². The lowest BCUT2D eigenvalue weighted by atomic mass is 10.0. The van der Waals surface area contributed by atoms with Gasteiger partial charge in [0.15, 0.2) is 0 Å². The third kappa shape index (κ3) is 2.84. The number of allylic oxidation sites excluding steroid dienone is 4. The van der Waals surface area contributed by atoms with Crippen LogP contribution < -0.4 is 0 Å². The molecule has 0 aromatic rings. The molecule has 0 aliphatic heterocycles. The topological polar surface area (TPSA) is 0 Å². The summed E-state index contributed by atoms with van der Waals surface area (Å²) in [6.07, 6.45) is 14.6. The molecular weight excluding hydrogens is 144 g/mol. The first-order valence-electron chi connectivity index (χ1n) is 5.16. The van der Waals surface area contributed by atoms with Crippen LogP contribution in [0.3, 0.4) is 0 Å². The highest BCUT2D eigenvalue weighted by molar-refractivity contribution is 4.98. The van der Waals surface area contributed by atoms with Gasteiger partial charge in [0.2, 0.25) is 0 Å². The van der Waals surface area contributed by atoms with Crippen molar-refractivity contribution in [3.8, 4) is 0 Å². The quantitative estimate of drug-likeness (QED) is 0.554. The maximum absolute atomic E-state index is 2.41. The minimum atomic E-state index is 0.863. The maximum Gasteiger partial charge on any atom is -0.0228 e. The minimum Gasteiger partial charge on any atom is -0.0914 e. The van der Waals surface area contributed by atoms with Crippen LogP contribution in [-0.2, 0) is 0 Å². The summed E-state index contributed by atoms with van der Waals surface area (Å²) in [4.78, 5) is 0. The van der Waals surface area contributed by atoms with Crippen molar-refractivity contribution in [3.05, 3.63) is 24.3 Å².